The van der Waals surface area contributed by atoms with E-state index in [0.717, 1.165) is 18.4 Å². The fourth-order valence-electron chi connectivity index (χ4n) is 3.47. The van der Waals surface area contributed by atoms with E-state index in [1.54, 1.807) is 23.7 Å². The average Bonchev–Trinajstić information content (AvgIpc) is 2.90. The van der Waals surface area contributed by atoms with Crippen molar-refractivity contribution in [2.45, 2.75) is 51.6 Å². The number of rotatable bonds is 4. The highest BCUT2D eigenvalue weighted by molar-refractivity contribution is 6.33. The zero-order valence-electron chi connectivity index (χ0n) is 14.6. The quantitative estimate of drug-likeness (QED) is 0.805. The molecule has 3 rings (SSSR count). The molecule has 0 bridgehead atoms. The second-order valence-corrected chi connectivity index (χ2v) is 7.10. The summed E-state index contributed by atoms with van der Waals surface area (Å²) in [6.07, 6.45) is 5.66. The summed E-state index contributed by atoms with van der Waals surface area (Å²) in [5.41, 5.74) is 1.97. The molecule has 1 aliphatic carbocycles. The van der Waals surface area contributed by atoms with Crippen LogP contribution in [0.15, 0.2) is 24.3 Å². The normalized spacial score (nSPS) is 15.4. The van der Waals surface area contributed by atoms with Gasteiger partial charge in [0.15, 0.2) is 0 Å². The zero-order valence-corrected chi connectivity index (χ0v) is 15.4. The van der Waals surface area contributed by atoms with E-state index in [1.165, 1.54) is 31.4 Å². The SMILES string of the molecule is Cc1nn(Cc2ccc(F)cc2)c(Cl)c1C(=O)N(C)C1CCCCC1. The van der Waals surface area contributed by atoms with Crippen LogP contribution in [0.25, 0.3) is 0 Å². The number of aromatic nitrogens is 2. The molecule has 134 valence electrons. The van der Waals surface area contributed by atoms with Crippen LogP contribution in [-0.4, -0.2) is 33.7 Å². The van der Waals surface area contributed by atoms with Gasteiger partial charge in [-0.25, -0.2) is 9.07 Å². The summed E-state index contributed by atoms with van der Waals surface area (Å²) in [5.74, 6) is -0.351. The largest absolute Gasteiger partial charge is 0.339 e. The van der Waals surface area contributed by atoms with Gasteiger partial charge in [0.25, 0.3) is 5.91 Å². The second kappa shape index (κ2) is 7.56. The van der Waals surface area contributed by atoms with Gasteiger partial charge in [-0.15, -0.1) is 0 Å². The molecular weight excluding hydrogens is 341 g/mol. The molecule has 1 fully saturated rings. The lowest BCUT2D eigenvalue weighted by atomic mass is 9.94. The molecule has 2 aromatic rings. The van der Waals surface area contributed by atoms with E-state index >= 15 is 0 Å². The van der Waals surface area contributed by atoms with Crippen LogP contribution in [0.2, 0.25) is 5.15 Å². The number of amides is 1. The highest BCUT2D eigenvalue weighted by atomic mass is 35.5. The smallest absolute Gasteiger partial charge is 0.258 e. The van der Waals surface area contributed by atoms with Crippen LogP contribution in [-0.2, 0) is 6.54 Å². The number of hydrogen-bond acceptors (Lipinski definition) is 2. The molecular formula is C19H23ClFN3O. The van der Waals surface area contributed by atoms with Crippen molar-refractivity contribution in [1.82, 2.24) is 14.7 Å². The molecule has 1 aromatic heterocycles. The fourth-order valence-corrected chi connectivity index (χ4v) is 3.79. The number of aryl methyl sites for hydroxylation is 1. The van der Waals surface area contributed by atoms with Gasteiger partial charge in [-0.3, -0.25) is 4.79 Å². The molecule has 0 unspecified atom stereocenters. The van der Waals surface area contributed by atoms with E-state index in [4.69, 9.17) is 11.6 Å². The predicted octanol–water partition coefficient (Wildman–Crippen LogP) is 4.44. The van der Waals surface area contributed by atoms with Crippen LogP contribution >= 0.6 is 11.6 Å². The van der Waals surface area contributed by atoms with Gasteiger partial charge in [0, 0.05) is 13.1 Å². The van der Waals surface area contributed by atoms with Gasteiger partial charge in [-0.05, 0) is 37.5 Å². The van der Waals surface area contributed by atoms with Crippen LogP contribution in [0.3, 0.4) is 0 Å². The van der Waals surface area contributed by atoms with Crippen LogP contribution in [0.1, 0.15) is 53.7 Å². The van der Waals surface area contributed by atoms with Crippen molar-refractivity contribution in [3.8, 4) is 0 Å². The molecule has 1 heterocycles. The number of carbonyl (C=O) groups is 1. The lowest BCUT2D eigenvalue weighted by Crippen LogP contribution is -2.38. The van der Waals surface area contributed by atoms with Crippen molar-refractivity contribution in [3.05, 3.63) is 52.1 Å². The molecule has 1 saturated carbocycles. The first-order chi connectivity index (χ1) is 12.0. The van der Waals surface area contributed by atoms with E-state index < -0.39 is 0 Å². The van der Waals surface area contributed by atoms with E-state index in [9.17, 15) is 9.18 Å². The summed E-state index contributed by atoms with van der Waals surface area (Å²) >= 11 is 6.47. The second-order valence-electron chi connectivity index (χ2n) is 6.74. The molecule has 1 aromatic carbocycles. The van der Waals surface area contributed by atoms with Gasteiger partial charge in [0.1, 0.15) is 11.0 Å². The summed E-state index contributed by atoms with van der Waals surface area (Å²) in [7, 11) is 1.85. The molecule has 25 heavy (non-hydrogen) atoms. The van der Waals surface area contributed by atoms with Crippen LogP contribution in [0.4, 0.5) is 4.39 Å². The maximum atomic E-state index is 13.0. The number of benzene rings is 1. The number of halogens is 2. The van der Waals surface area contributed by atoms with Gasteiger partial charge in [0.2, 0.25) is 0 Å². The van der Waals surface area contributed by atoms with Crippen LogP contribution < -0.4 is 0 Å². The Morgan fingerprint density at radius 2 is 1.92 bits per heavy atom. The number of nitrogens with zero attached hydrogens (tertiary/aromatic N) is 3. The predicted molar refractivity (Wildman–Crippen MR) is 96.4 cm³/mol. The van der Waals surface area contributed by atoms with Gasteiger partial charge >= 0.3 is 0 Å². The van der Waals surface area contributed by atoms with Crippen molar-refractivity contribution in [1.29, 1.82) is 0 Å². The Morgan fingerprint density at radius 3 is 2.56 bits per heavy atom. The summed E-state index contributed by atoms with van der Waals surface area (Å²) < 4.78 is 14.6. The minimum absolute atomic E-state index is 0.0697. The maximum absolute atomic E-state index is 13.0. The molecule has 0 aliphatic heterocycles. The number of carbonyl (C=O) groups excluding carboxylic acids is 1. The Morgan fingerprint density at radius 1 is 1.28 bits per heavy atom. The lowest BCUT2D eigenvalue weighted by Gasteiger charge is -2.31. The van der Waals surface area contributed by atoms with Crippen molar-refractivity contribution in [3.63, 3.8) is 0 Å². The monoisotopic (exact) mass is 363 g/mol. The topological polar surface area (TPSA) is 38.1 Å². The van der Waals surface area contributed by atoms with Gasteiger partial charge in [0.05, 0.1) is 17.8 Å². The molecule has 1 aliphatic rings. The molecule has 0 spiro atoms. The first kappa shape index (κ1) is 17.9. The van der Waals surface area contributed by atoms with Crippen molar-refractivity contribution in [2.24, 2.45) is 0 Å². The Bertz CT molecular complexity index is 751. The summed E-state index contributed by atoms with van der Waals surface area (Å²) in [5, 5.41) is 4.76. The van der Waals surface area contributed by atoms with Crippen molar-refractivity contribution >= 4 is 17.5 Å². The third kappa shape index (κ3) is 3.87. The Labute approximate surface area is 152 Å². The standard InChI is InChI=1S/C19H23ClFN3O/c1-13-17(19(25)23(2)16-6-4-3-5-7-16)18(20)24(22-13)12-14-8-10-15(21)11-9-14/h8-11,16H,3-7,12H2,1-2H3. The summed E-state index contributed by atoms with van der Waals surface area (Å²) in [6.45, 7) is 2.20. The van der Waals surface area contributed by atoms with Gasteiger partial charge in [-0.1, -0.05) is 43.0 Å². The minimum atomic E-state index is -0.281. The van der Waals surface area contributed by atoms with Crippen molar-refractivity contribution in [2.75, 3.05) is 7.05 Å². The molecule has 4 nitrogen and oxygen atoms in total. The minimum Gasteiger partial charge on any atom is -0.339 e. The maximum Gasteiger partial charge on any atom is 0.258 e. The Hall–Kier alpha value is -1.88. The van der Waals surface area contributed by atoms with E-state index in [-0.39, 0.29) is 17.8 Å². The molecule has 1 amide bonds. The Kier molecular flexibility index (Phi) is 5.42. The van der Waals surface area contributed by atoms with Crippen LogP contribution in [0.5, 0.6) is 0 Å². The molecule has 0 atom stereocenters. The van der Waals surface area contributed by atoms with E-state index in [0.29, 0.717) is 23.0 Å². The molecule has 6 heteroatoms. The van der Waals surface area contributed by atoms with Gasteiger partial charge in [-0.2, -0.15) is 5.10 Å². The average molecular weight is 364 g/mol. The molecule has 0 N–H and O–H groups in total. The van der Waals surface area contributed by atoms with Crippen LogP contribution in [0, 0.1) is 12.7 Å². The third-order valence-electron chi connectivity index (χ3n) is 4.97. The molecule has 0 radical (unpaired) electrons. The number of hydrogen-bond donors (Lipinski definition) is 0. The third-order valence-corrected chi connectivity index (χ3v) is 5.35. The van der Waals surface area contributed by atoms with E-state index in [1.807, 2.05) is 11.9 Å². The van der Waals surface area contributed by atoms with Gasteiger partial charge < -0.3 is 4.90 Å². The molecule has 0 saturated heterocycles. The van der Waals surface area contributed by atoms with E-state index in [2.05, 4.69) is 5.10 Å². The highest BCUT2D eigenvalue weighted by Crippen LogP contribution is 2.27. The first-order valence-corrected chi connectivity index (χ1v) is 9.09. The highest BCUT2D eigenvalue weighted by Gasteiger charge is 2.28. The Balaban J connectivity index is 1.81. The van der Waals surface area contributed by atoms with Crippen molar-refractivity contribution < 1.29 is 9.18 Å². The fraction of sp³-hybridized carbons (Fsp3) is 0.474. The zero-order chi connectivity index (χ0) is 18.0. The first-order valence-electron chi connectivity index (χ1n) is 8.72. The summed E-state index contributed by atoms with van der Waals surface area (Å²) in [6, 6.07) is 6.47. The lowest BCUT2D eigenvalue weighted by molar-refractivity contribution is 0.0695. The summed E-state index contributed by atoms with van der Waals surface area (Å²) in [4.78, 5) is 14.8.